The fraction of sp³-hybridized carbons (Fsp3) is 0.200. The topological polar surface area (TPSA) is 57.3 Å². The zero-order valence-corrected chi connectivity index (χ0v) is 11.6. The number of aromatic nitrogens is 1. The fourth-order valence-corrected chi connectivity index (χ4v) is 1.79. The predicted octanol–water partition coefficient (Wildman–Crippen LogP) is 2.79. The van der Waals surface area contributed by atoms with E-state index in [0.29, 0.717) is 5.69 Å². The Bertz CT molecular complexity index is 552. The van der Waals surface area contributed by atoms with E-state index in [4.69, 9.17) is 0 Å². The van der Waals surface area contributed by atoms with E-state index in [9.17, 15) is 4.79 Å². The van der Waals surface area contributed by atoms with Gasteiger partial charge in [0.25, 0.3) is 0 Å². The Morgan fingerprint density at radius 1 is 1.10 bits per heavy atom. The zero-order valence-electron chi connectivity index (χ0n) is 11.6. The summed E-state index contributed by atoms with van der Waals surface area (Å²) in [5.41, 5.74) is 2.62. The number of nitrogens with one attached hydrogen (secondary N) is 2. The molecular formula is C15H18N4O. The number of pyridine rings is 1. The van der Waals surface area contributed by atoms with Crippen molar-refractivity contribution < 1.29 is 4.79 Å². The van der Waals surface area contributed by atoms with Crippen LogP contribution in [0.15, 0.2) is 48.8 Å². The molecule has 0 fully saturated rings. The quantitative estimate of drug-likeness (QED) is 0.898. The molecule has 2 amide bonds. The highest BCUT2D eigenvalue weighted by molar-refractivity contribution is 5.99. The first kappa shape index (κ1) is 14.0. The monoisotopic (exact) mass is 270 g/mol. The van der Waals surface area contributed by atoms with Gasteiger partial charge in [0.1, 0.15) is 0 Å². The maximum Gasteiger partial charge on any atom is 0.323 e. The van der Waals surface area contributed by atoms with Crippen molar-refractivity contribution in [2.24, 2.45) is 0 Å². The summed E-state index contributed by atoms with van der Waals surface area (Å²) < 4.78 is 0. The molecule has 0 aliphatic heterocycles. The van der Waals surface area contributed by atoms with Gasteiger partial charge in [-0.25, -0.2) is 4.79 Å². The van der Waals surface area contributed by atoms with Gasteiger partial charge in [0.15, 0.2) is 0 Å². The van der Waals surface area contributed by atoms with Crippen molar-refractivity contribution in [1.82, 2.24) is 9.88 Å². The molecule has 0 aliphatic carbocycles. The van der Waals surface area contributed by atoms with Gasteiger partial charge in [0.2, 0.25) is 0 Å². The molecule has 1 heterocycles. The van der Waals surface area contributed by atoms with Crippen LogP contribution in [0.4, 0.5) is 16.2 Å². The zero-order chi connectivity index (χ0) is 14.4. The lowest BCUT2D eigenvalue weighted by Gasteiger charge is -2.11. The number of urea groups is 1. The molecule has 104 valence electrons. The molecule has 0 radical (unpaired) electrons. The van der Waals surface area contributed by atoms with Crippen molar-refractivity contribution in [1.29, 1.82) is 0 Å². The number of hydrogen-bond donors (Lipinski definition) is 2. The summed E-state index contributed by atoms with van der Waals surface area (Å²) in [5.74, 6) is 0. The van der Waals surface area contributed by atoms with E-state index in [-0.39, 0.29) is 6.03 Å². The minimum absolute atomic E-state index is 0.279. The molecule has 0 atom stereocenters. The van der Waals surface area contributed by atoms with Gasteiger partial charge < -0.3 is 15.5 Å². The number of anilines is 2. The SMILES string of the molecule is CN(C)Cc1ccc(NC(=O)Nc2cccnc2)cc1. The molecule has 2 aromatic rings. The van der Waals surface area contributed by atoms with E-state index in [1.54, 1.807) is 24.5 Å². The highest BCUT2D eigenvalue weighted by Crippen LogP contribution is 2.11. The number of carbonyl (C=O) groups is 1. The maximum atomic E-state index is 11.8. The molecule has 1 aromatic heterocycles. The first-order chi connectivity index (χ1) is 9.63. The normalized spacial score (nSPS) is 10.3. The Kier molecular flexibility index (Phi) is 4.68. The van der Waals surface area contributed by atoms with Gasteiger partial charge in [0.05, 0.1) is 11.9 Å². The second-order valence-corrected chi connectivity index (χ2v) is 4.76. The average Bonchev–Trinajstić information content (AvgIpc) is 2.41. The Morgan fingerprint density at radius 3 is 2.40 bits per heavy atom. The molecule has 0 saturated heterocycles. The fourth-order valence-electron chi connectivity index (χ4n) is 1.79. The highest BCUT2D eigenvalue weighted by Gasteiger charge is 2.02. The number of benzene rings is 1. The molecule has 5 heteroatoms. The number of carbonyl (C=O) groups excluding carboxylic acids is 1. The summed E-state index contributed by atoms with van der Waals surface area (Å²) in [4.78, 5) is 17.8. The average molecular weight is 270 g/mol. The number of hydrogen-bond acceptors (Lipinski definition) is 3. The summed E-state index contributed by atoms with van der Waals surface area (Å²) in [6.07, 6.45) is 3.26. The standard InChI is InChI=1S/C15H18N4O/c1-19(2)11-12-5-7-13(8-6-12)17-15(20)18-14-4-3-9-16-10-14/h3-10H,11H2,1-2H3,(H2,17,18,20). The largest absolute Gasteiger partial charge is 0.323 e. The van der Waals surface area contributed by atoms with Gasteiger partial charge in [-0.3, -0.25) is 4.98 Å². The van der Waals surface area contributed by atoms with Crippen molar-refractivity contribution in [2.45, 2.75) is 6.54 Å². The first-order valence-electron chi connectivity index (χ1n) is 6.35. The van der Waals surface area contributed by atoms with Gasteiger partial charge in [0, 0.05) is 18.4 Å². The lowest BCUT2D eigenvalue weighted by atomic mass is 10.2. The predicted molar refractivity (Wildman–Crippen MR) is 80.7 cm³/mol. The van der Waals surface area contributed by atoms with Crippen LogP contribution in [0, 0.1) is 0 Å². The van der Waals surface area contributed by atoms with Crippen molar-refractivity contribution in [3.63, 3.8) is 0 Å². The van der Waals surface area contributed by atoms with Crippen molar-refractivity contribution >= 4 is 17.4 Å². The lowest BCUT2D eigenvalue weighted by molar-refractivity contribution is 0.262. The third-order valence-corrected chi connectivity index (χ3v) is 2.63. The second kappa shape index (κ2) is 6.68. The van der Waals surface area contributed by atoms with Crippen LogP contribution in [0.3, 0.4) is 0 Å². The van der Waals surface area contributed by atoms with Gasteiger partial charge in [-0.1, -0.05) is 12.1 Å². The third kappa shape index (κ3) is 4.37. The van der Waals surface area contributed by atoms with Crippen molar-refractivity contribution in [3.8, 4) is 0 Å². The Labute approximate surface area is 118 Å². The first-order valence-corrected chi connectivity index (χ1v) is 6.35. The summed E-state index contributed by atoms with van der Waals surface area (Å²) >= 11 is 0. The van der Waals surface area contributed by atoms with E-state index in [2.05, 4.69) is 20.5 Å². The molecule has 2 rings (SSSR count). The summed E-state index contributed by atoms with van der Waals surface area (Å²) in [5, 5.41) is 5.50. The number of rotatable bonds is 4. The Balaban J connectivity index is 1.91. The molecule has 5 nitrogen and oxygen atoms in total. The molecule has 0 aliphatic rings. The van der Waals surface area contributed by atoms with E-state index in [1.165, 1.54) is 5.56 Å². The molecule has 2 N–H and O–H groups in total. The van der Waals surface area contributed by atoms with Gasteiger partial charge in [-0.15, -0.1) is 0 Å². The minimum atomic E-state index is -0.279. The van der Waals surface area contributed by atoms with E-state index in [0.717, 1.165) is 12.2 Å². The third-order valence-electron chi connectivity index (χ3n) is 2.63. The molecule has 0 bridgehead atoms. The molecule has 0 saturated carbocycles. The summed E-state index contributed by atoms with van der Waals surface area (Å²) in [6, 6.07) is 11.1. The van der Waals surface area contributed by atoms with Crippen LogP contribution in [0.25, 0.3) is 0 Å². The van der Waals surface area contributed by atoms with E-state index in [1.807, 2.05) is 38.4 Å². The molecule has 20 heavy (non-hydrogen) atoms. The smallest absolute Gasteiger partial charge is 0.308 e. The number of nitrogens with zero attached hydrogens (tertiary/aromatic N) is 2. The maximum absolute atomic E-state index is 11.8. The van der Waals surface area contributed by atoms with Gasteiger partial charge in [-0.2, -0.15) is 0 Å². The van der Waals surface area contributed by atoms with Crippen LogP contribution in [0.2, 0.25) is 0 Å². The van der Waals surface area contributed by atoms with Crippen LogP contribution in [-0.4, -0.2) is 30.0 Å². The molecule has 0 spiro atoms. The summed E-state index contributed by atoms with van der Waals surface area (Å²) in [6.45, 7) is 0.877. The minimum Gasteiger partial charge on any atom is -0.308 e. The highest BCUT2D eigenvalue weighted by atomic mass is 16.2. The Morgan fingerprint density at radius 2 is 1.80 bits per heavy atom. The second-order valence-electron chi connectivity index (χ2n) is 4.76. The van der Waals surface area contributed by atoms with Crippen LogP contribution in [-0.2, 0) is 6.54 Å². The van der Waals surface area contributed by atoms with Crippen LogP contribution < -0.4 is 10.6 Å². The van der Waals surface area contributed by atoms with Crippen LogP contribution in [0.5, 0.6) is 0 Å². The van der Waals surface area contributed by atoms with Gasteiger partial charge >= 0.3 is 6.03 Å². The molecule has 0 unspecified atom stereocenters. The summed E-state index contributed by atoms with van der Waals surface area (Å²) in [7, 11) is 4.04. The van der Waals surface area contributed by atoms with Crippen LogP contribution >= 0.6 is 0 Å². The van der Waals surface area contributed by atoms with E-state index >= 15 is 0 Å². The Hall–Kier alpha value is -2.40. The van der Waals surface area contributed by atoms with Crippen molar-refractivity contribution in [3.05, 3.63) is 54.4 Å². The van der Waals surface area contributed by atoms with Crippen LogP contribution in [0.1, 0.15) is 5.56 Å². The molecule has 1 aromatic carbocycles. The van der Waals surface area contributed by atoms with E-state index < -0.39 is 0 Å². The van der Waals surface area contributed by atoms with Crippen molar-refractivity contribution in [2.75, 3.05) is 24.7 Å². The number of amides is 2. The lowest BCUT2D eigenvalue weighted by Crippen LogP contribution is -2.19. The molecular weight excluding hydrogens is 252 g/mol. The van der Waals surface area contributed by atoms with Gasteiger partial charge in [-0.05, 0) is 43.9 Å².